The zero-order valence-corrected chi connectivity index (χ0v) is 9.68. The number of nitrogens with one attached hydrogen (secondary N) is 1. The highest BCUT2D eigenvalue weighted by Gasteiger charge is 2.04. The first-order valence-corrected chi connectivity index (χ1v) is 5.48. The molecule has 0 aromatic carbocycles. The molecular weight excluding hydrogens is 202 g/mol. The molecule has 2 aromatic heterocycles. The maximum Gasteiger partial charge on any atom is 0.117 e. The molecule has 1 N–H and O–H groups in total. The van der Waals surface area contributed by atoms with E-state index < -0.39 is 0 Å². The number of rotatable bonds is 5. The van der Waals surface area contributed by atoms with Gasteiger partial charge >= 0.3 is 0 Å². The third kappa shape index (κ3) is 2.97. The van der Waals surface area contributed by atoms with E-state index in [1.54, 1.807) is 6.20 Å². The van der Waals surface area contributed by atoms with E-state index in [0.29, 0.717) is 6.04 Å². The summed E-state index contributed by atoms with van der Waals surface area (Å²) in [6, 6.07) is 4.38. The van der Waals surface area contributed by atoms with Crippen LogP contribution in [0.2, 0.25) is 0 Å². The molecule has 2 aromatic rings. The van der Waals surface area contributed by atoms with Crippen LogP contribution in [0.5, 0.6) is 0 Å². The van der Waals surface area contributed by atoms with Gasteiger partial charge in [-0.15, -0.1) is 0 Å². The predicted molar refractivity (Wildman–Crippen MR) is 62.0 cm³/mol. The molecule has 0 saturated carbocycles. The van der Waals surface area contributed by atoms with Gasteiger partial charge in [-0.05, 0) is 26.0 Å². The van der Waals surface area contributed by atoms with Crippen LogP contribution in [-0.4, -0.2) is 15.6 Å². The Morgan fingerprint density at radius 3 is 3.00 bits per heavy atom. The summed E-state index contributed by atoms with van der Waals surface area (Å²) in [6.07, 6.45) is 5.59. The molecule has 0 aliphatic rings. The third-order valence-corrected chi connectivity index (χ3v) is 2.46. The van der Waals surface area contributed by atoms with Crippen molar-refractivity contribution < 1.29 is 4.42 Å². The van der Waals surface area contributed by atoms with Crippen LogP contribution in [0.15, 0.2) is 35.3 Å². The molecule has 4 nitrogen and oxygen atoms in total. The van der Waals surface area contributed by atoms with Crippen LogP contribution in [0.4, 0.5) is 0 Å². The van der Waals surface area contributed by atoms with Crippen molar-refractivity contribution in [3.05, 3.63) is 42.4 Å². The van der Waals surface area contributed by atoms with Gasteiger partial charge in [-0.3, -0.25) is 0 Å². The van der Waals surface area contributed by atoms with Crippen LogP contribution in [0, 0.1) is 6.92 Å². The van der Waals surface area contributed by atoms with Gasteiger partial charge in [-0.1, -0.05) is 0 Å². The van der Waals surface area contributed by atoms with Gasteiger partial charge in [-0.25, -0.2) is 4.98 Å². The fourth-order valence-electron chi connectivity index (χ4n) is 1.63. The lowest BCUT2D eigenvalue weighted by molar-refractivity contribution is 0.418. The number of hydrogen-bond acceptors (Lipinski definition) is 3. The Kier molecular flexibility index (Phi) is 3.41. The Morgan fingerprint density at radius 1 is 1.50 bits per heavy atom. The van der Waals surface area contributed by atoms with Crippen molar-refractivity contribution in [3.63, 3.8) is 0 Å². The topological polar surface area (TPSA) is 43.0 Å². The Hall–Kier alpha value is -1.55. The molecule has 4 heteroatoms. The van der Waals surface area contributed by atoms with Crippen molar-refractivity contribution in [1.29, 1.82) is 0 Å². The van der Waals surface area contributed by atoms with Gasteiger partial charge in [0.25, 0.3) is 0 Å². The smallest absolute Gasteiger partial charge is 0.117 e. The van der Waals surface area contributed by atoms with Crippen LogP contribution in [0.25, 0.3) is 0 Å². The SMILES string of the molecule is Cc1ccc(CNC(C)Cn2ccnc2)o1. The molecule has 86 valence electrons. The van der Waals surface area contributed by atoms with Crippen molar-refractivity contribution in [2.45, 2.75) is 33.0 Å². The first-order chi connectivity index (χ1) is 7.74. The van der Waals surface area contributed by atoms with E-state index in [0.717, 1.165) is 24.6 Å². The molecule has 0 radical (unpaired) electrons. The summed E-state index contributed by atoms with van der Waals surface area (Å²) in [5.41, 5.74) is 0. The van der Waals surface area contributed by atoms with Crippen molar-refractivity contribution in [2.75, 3.05) is 0 Å². The van der Waals surface area contributed by atoms with Gasteiger partial charge in [0.05, 0.1) is 12.9 Å². The molecule has 0 fully saturated rings. The quantitative estimate of drug-likeness (QED) is 0.836. The van der Waals surface area contributed by atoms with Gasteiger partial charge in [0, 0.05) is 25.0 Å². The molecule has 1 atom stereocenters. The number of hydrogen-bond donors (Lipinski definition) is 1. The summed E-state index contributed by atoms with van der Waals surface area (Å²) in [4.78, 5) is 4.01. The van der Waals surface area contributed by atoms with Crippen molar-refractivity contribution in [1.82, 2.24) is 14.9 Å². The average Bonchev–Trinajstić information content (AvgIpc) is 2.87. The minimum absolute atomic E-state index is 0.389. The molecule has 0 aliphatic heterocycles. The molecule has 2 rings (SSSR count). The summed E-state index contributed by atoms with van der Waals surface area (Å²) in [6.45, 7) is 5.79. The third-order valence-electron chi connectivity index (χ3n) is 2.46. The maximum absolute atomic E-state index is 5.49. The van der Waals surface area contributed by atoms with Gasteiger partial charge < -0.3 is 14.3 Å². The van der Waals surface area contributed by atoms with Crippen LogP contribution in [-0.2, 0) is 13.1 Å². The lowest BCUT2D eigenvalue weighted by atomic mass is 10.3. The number of aromatic nitrogens is 2. The van der Waals surface area contributed by atoms with Gasteiger partial charge in [0.2, 0.25) is 0 Å². The molecule has 0 aliphatic carbocycles. The molecule has 2 heterocycles. The van der Waals surface area contributed by atoms with E-state index in [9.17, 15) is 0 Å². The van der Waals surface area contributed by atoms with Crippen LogP contribution in [0.1, 0.15) is 18.4 Å². The summed E-state index contributed by atoms with van der Waals surface area (Å²) in [5.74, 6) is 1.94. The van der Waals surface area contributed by atoms with E-state index >= 15 is 0 Å². The highest BCUT2D eigenvalue weighted by atomic mass is 16.3. The average molecular weight is 219 g/mol. The predicted octanol–water partition coefficient (Wildman–Crippen LogP) is 1.96. The summed E-state index contributed by atoms with van der Waals surface area (Å²) in [5, 5.41) is 3.41. The Bertz CT molecular complexity index is 419. The lowest BCUT2D eigenvalue weighted by Crippen LogP contribution is -2.29. The zero-order chi connectivity index (χ0) is 11.4. The number of nitrogens with zero attached hydrogens (tertiary/aromatic N) is 2. The second kappa shape index (κ2) is 4.99. The van der Waals surface area contributed by atoms with Gasteiger partial charge in [0.15, 0.2) is 0 Å². The number of furan rings is 1. The van der Waals surface area contributed by atoms with E-state index in [2.05, 4.69) is 21.8 Å². The maximum atomic E-state index is 5.49. The summed E-state index contributed by atoms with van der Waals surface area (Å²) in [7, 11) is 0. The number of imidazole rings is 1. The minimum Gasteiger partial charge on any atom is -0.465 e. The molecule has 16 heavy (non-hydrogen) atoms. The van der Waals surface area contributed by atoms with Gasteiger partial charge in [0.1, 0.15) is 11.5 Å². The van der Waals surface area contributed by atoms with Crippen molar-refractivity contribution in [3.8, 4) is 0 Å². The zero-order valence-electron chi connectivity index (χ0n) is 9.68. The van der Waals surface area contributed by atoms with Crippen LogP contribution >= 0.6 is 0 Å². The highest BCUT2D eigenvalue weighted by Crippen LogP contribution is 2.06. The molecule has 0 amide bonds. The molecule has 1 unspecified atom stereocenters. The highest BCUT2D eigenvalue weighted by molar-refractivity contribution is 5.05. The summed E-state index contributed by atoms with van der Waals surface area (Å²) < 4.78 is 7.55. The largest absolute Gasteiger partial charge is 0.465 e. The summed E-state index contributed by atoms with van der Waals surface area (Å²) >= 11 is 0. The fraction of sp³-hybridized carbons (Fsp3) is 0.417. The second-order valence-electron chi connectivity index (χ2n) is 4.05. The van der Waals surface area contributed by atoms with E-state index in [-0.39, 0.29) is 0 Å². The van der Waals surface area contributed by atoms with Crippen LogP contribution in [0.3, 0.4) is 0 Å². The molecular formula is C12H17N3O. The van der Waals surface area contributed by atoms with Crippen molar-refractivity contribution >= 4 is 0 Å². The normalized spacial score (nSPS) is 12.9. The Balaban J connectivity index is 1.77. The Labute approximate surface area is 95.3 Å². The van der Waals surface area contributed by atoms with Crippen molar-refractivity contribution in [2.24, 2.45) is 0 Å². The molecule has 0 bridgehead atoms. The first-order valence-electron chi connectivity index (χ1n) is 5.48. The molecule has 0 saturated heterocycles. The van der Waals surface area contributed by atoms with E-state index in [1.807, 2.05) is 31.6 Å². The molecule has 0 spiro atoms. The van der Waals surface area contributed by atoms with Gasteiger partial charge in [-0.2, -0.15) is 0 Å². The van der Waals surface area contributed by atoms with Crippen LogP contribution < -0.4 is 5.32 Å². The first kappa shape index (κ1) is 11.0. The monoisotopic (exact) mass is 219 g/mol. The standard InChI is InChI=1S/C12H17N3O/c1-10(8-15-6-5-13-9-15)14-7-12-4-3-11(2)16-12/h3-6,9-10,14H,7-8H2,1-2H3. The minimum atomic E-state index is 0.389. The van der Waals surface area contributed by atoms with E-state index in [1.165, 1.54) is 0 Å². The lowest BCUT2D eigenvalue weighted by Gasteiger charge is -2.13. The Morgan fingerprint density at radius 2 is 2.38 bits per heavy atom. The van der Waals surface area contributed by atoms with E-state index in [4.69, 9.17) is 4.42 Å². The number of aryl methyl sites for hydroxylation is 1. The fourth-order valence-corrected chi connectivity index (χ4v) is 1.63. The second-order valence-corrected chi connectivity index (χ2v) is 4.05.